The third-order valence-electron chi connectivity index (χ3n) is 4.45. The average molecular weight is 281 g/mol. The third-order valence-corrected chi connectivity index (χ3v) is 4.69. The van der Waals surface area contributed by atoms with E-state index < -0.39 is 0 Å². The minimum Gasteiger partial charge on any atom is -0.496 e. The van der Waals surface area contributed by atoms with E-state index in [1.807, 2.05) is 18.2 Å². The molecule has 0 amide bonds. The van der Waals surface area contributed by atoms with E-state index in [2.05, 4.69) is 10.2 Å². The first-order valence-electron chi connectivity index (χ1n) is 7.04. The molecule has 0 aliphatic carbocycles. The van der Waals surface area contributed by atoms with E-state index in [0.717, 1.165) is 28.8 Å². The molecule has 104 valence electrons. The molecule has 1 atom stereocenters. The van der Waals surface area contributed by atoms with Crippen LogP contribution in [0.15, 0.2) is 18.2 Å². The van der Waals surface area contributed by atoms with Gasteiger partial charge in [-0.1, -0.05) is 11.6 Å². The number of nitrogens with one attached hydrogen (secondary N) is 1. The second-order valence-electron chi connectivity index (χ2n) is 5.58. The van der Waals surface area contributed by atoms with Gasteiger partial charge in [-0.25, -0.2) is 0 Å². The summed E-state index contributed by atoms with van der Waals surface area (Å²) >= 11 is 6.07. The van der Waals surface area contributed by atoms with Crippen molar-refractivity contribution in [2.45, 2.75) is 25.4 Å². The molecule has 1 aromatic rings. The first-order chi connectivity index (χ1) is 9.26. The number of nitrogens with zero attached hydrogens (tertiary/aromatic N) is 1. The van der Waals surface area contributed by atoms with Crippen LogP contribution in [0, 0.1) is 5.92 Å². The second kappa shape index (κ2) is 5.70. The van der Waals surface area contributed by atoms with Crippen LogP contribution in [0.4, 0.5) is 0 Å². The fourth-order valence-corrected chi connectivity index (χ4v) is 3.52. The fraction of sp³-hybridized carbons (Fsp3) is 0.600. The standard InChI is InChI=1S/C15H21ClN2O/c1-19-15-3-2-13(16)8-12(15)9-17-14-10-18-6-4-11(14)5-7-18/h2-3,8,11,14,17H,4-7,9-10H2,1H3/t14-/m1/s1. The van der Waals surface area contributed by atoms with Gasteiger partial charge in [0.1, 0.15) is 5.75 Å². The molecule has 0 unspecified atom stereocenters. The lowest BCUT2D eigenvalue weighted by molar-refractivity contribution is 0.0719. The van der Waals surface area contributed by atoms with Crippen molar-refractivity contribution in [3.05, 3.63) is 28.8 Å². The van der Waals surface area contributed by atoms with E-state index in [9.17, 15) is 0 Å². The molecule has 3 aliphatic rings. The van der Waals surface area contributed by atoms with Gasteiger partial charge in [-0.15, -0.1) is 0 Å². The molecule has 1 aromatic carbocycles. The van der Waals surface area contributed by atoms with Gasteiger partial charge < -0.3 is 15.0 Å². The number of piperidine rings is 3. The minimum absolute atomic E-state index is 0.617. The monoisotopic (exact) mass is 280 g/mol. The number of hydrogen-bond acceptors (Lipinski definition) is 3. The lowest BCUT2D eigenvalue weighted by Gasteiger charge is -2.45. The zero-order valence-electron chi connectivity index (χ0n) is 11.4. The maximum absolute atomic E-state index is 6.07. The van der Waals surface area contributed by atoms with Gasteiger partial charge in [0.05, 0.1) is 7.11 Å². The Hall–Kier alpha value is -0.770. The first kappa shape index (κ1) is 13.2. The van der Waals surface area contributed by atoms with Crippen LogP contribution in [0.2, 0.25) is 5.02 Å². The van der Waals surface area contributed by atoms with Gasteiger partial charge in [0.15, 0.2) is 0 Å². The van der Waals surface area contributed by atoms with Gasteiger partial charge in [0.25, 0.3) is 0 Å². The van der Waals surface area contributed by atoms with Crippen molar-refractivity contribution in [2.24, 2.45) is 5.92 Å². The molecule has 3 fully saturated rings. The zero-order chi connectivity index (χ0) is 13.2. The van der Waals surface area contributed by atoms with Crippen molar-refractivity contribution >= 4 is 11.6 Å². The second-order valence-corrected chi connectivity index (χ2v) is 6.02. The molecule has 19 heavy (non-hydrogen) atoms. The highest BCUT2D eigenvalue weighted by Gasteiger charge is 2.33. The fourth-order valence-electron chi connectivity index (χ4n) is 3.32. The highest BCUT2D eigenvalue weighted by Crippen LogP contribution is 2.28. The van der Waals surface area contributed by atoms with E-state index in [1.165, 1.54) is 32.5 Å². The van der Waals surface area contributed by atoms with Crippen LogP contribution in [-0.2, 0) is 6.54 Å². The predicted octanol–water partition coefficient (Wildman–Crippen LogP) is 2.53. The van der Waals surface area contributed by atoms with E-state index in [0.29, 0.717) is 6.04 Å². The van der Waals surface area contributed by atoms with Crippen LogP contribution in [0.25, 0.3) is 0 Å². The van der Waals surface area contributed by atoms with Gasteiger partial charge in [0.2, 0.25) is 0 Å². The Morgan fingerprint density at radius 3 is 2.79 bits per heavy atom. The zero-order valence-corrected chi connectivity index (χ0v) is 12.1. The summed E-state index contributed by atoms with van der Waals surface area (Å²) in [7, 11) is 1.71. The predicted molar refractivity (Wildman–Crippen MR) is 77.8 cm³/mol. The number of rotatable bonds is 4. The third kappa shape index (κ3) is 2.88. The molecule has 4 heteroatoms. The van der Waals surface area contributed by atoms with E-state index >= 15 is 0 Å². The summed E-state index contributed by atoms with van der Waals surface area (Å²) in [6, 6.07) is 6.43. The molecule has 0 radical (unpaired) electrons. The minimum atomic E-state index is 0.617. The number of fused-ring (bicyclic) bond motifs is 3. The van der Waals surface area contributed by atoms with Crippen molar-refractivity contribution in [1.82, 2.24) is 10.2 Å². The highest BCUT2D eigenvalue weighted by atomic mass is 35.5. The molecule has 0 saturated carbocycles. The smallest absolute Gasteiger partial charge is 0.123 e. The summed E-state index contributed by atoms with van der Waals surface area (Å²) in [5.74, 6) is 1.76. The van der Waals surface area contributed by atoms with Crippen LogP contribution in [0.5, 0.6) is 5.75 Å². The summed E-state index contributed by atoms with van der Waals surface area (Å²) in [6.07, 6.45) is 2.68. The SMILES string of the molecule is COc1ccc(Cl)cc1CN[C@@H]1CN2CCC1CC2. The Morgan fingerprint density at radius 1 is 1.37 bits per heavy atom. The van der Waals surface area contributed by atoms with Gasteiger partial charge in [-0.3, -0.25) is 0 Å². The number of ether oxygens (including phenoxy) is 1. The number of benzene rings is 1. The van der Waals surface area contributed by atoms with Gasteiger partial charge in [-0.2, -0.15) is 0 Å². The molecule has 1 N–H and O–H groups in total. The van der Waals surface area contributed by atoms with E-state index in [-0.39, 0.29) is 0 Å². The first-order valence-corrected chi connectivity index (χ1v) is 7.42. The molecule has 3 aliphatic heterocycles. The summed E-state index contributed by atoms with van der Waals surface area (Å²) in [5.41, 5.74) is 1.14. The van der Waals surface area contributed by atoms with E-state index in [1.54, 1.807) is 7.11 Å². The van der Waals surface area contributed by atoms with Gasteiger partial charge in [0, 0.05) is 29.7 Å². The Morgan fingerprint density at radius 2 is 2.16 bits per heavy atom. The van der Waals surface area contributed by atoms with Gasteiger partial charge in [-0.05, 0) is 50.0 Å². The van der Waals surface area contributed by atoms with Crippen LogP contribution < -0.4 is 10.1 Å². The molecule has 0 spiro atoms. The van der Waals surface area contributed by atoms with Crippen molar-refractivity contribution in [1.29, 1.82) is 0 Å². The topological polar surface area (TPSA) is 24.5 Å². The molecule has 3 nitrogen and oxygen atoms in total. The Balaban J connectivity index is 1.64. The summed E-state index contributed by atoms with van der Waals surface area (Å²) in [4.78, 5) is 2.56. The molecule has 3 saturated heterocycles. The normalized spacial score (nSPS) is 29.5. The van der Waals surface area contributed by atoms with E-state index in [4.69, 9.17) is 16.3 Å². The number of methoxy groups -OCH3 is 1. The number of hydrogen-bond donors (Lipinski definition) is 1. The Kier molecular flexibility index (Phi) is 3.96. The Labute approximate surface area is 119 Å². The average Bonchev–Trinajstić information content (AvgIpc) is 2.46. The quantitative estimate of drug-likeness (QED) is 0.917. The highest BCUT2D eigenvalue weighted by molar-refractivity contribution is 6.30. The van der Waals surface area contributed by atoms with Crippen molar-refractivity contribution in [2.75, 3.05) is 26.7 Å². The molecular formula is C15H21ClN2O. The number of halogens is 1. The molecule has 4 rings (SSSR count). The van der Waals surface area contributed by atoms with Crippen LogP contribution in [-0.4, -0.2) is 37.7 Å². The molecule has 0 aromatic heterocycles. The maximum Gasteiger partial charge on any atom is 0.123 e. The summed E-state index contributed by atoms with van der Waals surface area (Å²) < 4.78 is 5.39. The van der Waals surface area contributed by atoms with Crippen molar-refractivity contribution in [3.8, 4) is 5.75 Å². The largest absolute Gasteiger partial charge is 0.496 e. The lowest BCUT2D eigenvalue weighted by Crippen LogP contribution is -2.55. The van der Waals surface area contributed by atoms with Crippen LogP contribution in [0.3, 0.4) is 0 Å². The summed E-state index contributed by atoms with van der Waals surface area (Å²) in [5, 5.41) is 4.46. The Bertz CT molecular complexity index is 444. The molecular weight excluding hydrogens is 260 g/mol. The lowest BCUT2D eigenvalue weighted by atomic mass is 9.84. The van der Waals surface area contributed by atoms with Crippen LogP contribution >= 0.6 is 11.6 Å². The molecule has 3 heterocycles. The van der Waals surface area contributed by atoms with Crippen LogP contribution in [0.1, 0.15) is 18.4 Å². The van der Waals surface area contributed by atoms with Crippen molar-refractivity contribution in [3.63, 3.8) is 0 Å². The molecule has 2 bridgehead atoms. The van der Waals surface area contributed by atoms with Crippen molar-refractivity contribution < 1.29 is 4.74 Å². The van der Waals surface area contributed by atoms with Gasteiger partial charge >= 0.3 is 0 Å². The summed E-state index contributed by atoms with van der Waals surface area (Å²) in [6.45, 7) is 4.58. The maximum atomic E-state index is 6.07.